The number of aryl methyl sites for hydroxylation is 1. The largest absolute Gasteiger partial charge is 0.299 e. The topological polar surface area (TPSA) is 34.9 Å². The van der Waals surface area contributed by atoms with E-state index in [4.69, 9.17) is 0 Å². The number of ketones is 1. The predicted octanol–water partition coefficient (Wildman–Crippen LogP) is 2.40. The zero-order valence-electron chi connectivity index (χ0n) is 10.3. The van der Waals surface area contributed by atoms with Crippen LogP contribution >= 0.6 is 0 Å². The number of hydrogen-bond donors (Lipinski definition) is 0. The van der Waals surface area contributed by atoms with Crippen LogP contribution in [-0.4, -0.2) is 15.6 Å². The lowest BCUT2D eigenvalue weighted by atomic mass is 10.0. The third kappa shape index (κ3) is 3.26. The Balaban J connectivity index is 1.96. The molecule has 1 aromatic carbocycles. The van der Waals surface area contributed by atoms with Crippen molar-refractivity contribution >= 4 is 5.78 Å². The lowest BCUT2D eigenvalue weighted by Gasteiger charge is -2.00. The van der Waals surface area contributed by atoms with E-state index in [0.717, 1.165) is 12.1 Å². The molecule has 1 heterocycles. The van der Waals surface area contributed by atoms with Crippen LogP contribution in [0.4, 0.5) is 4.39 Å². The van der Waals surface area contributed by atoms with E-state index in [9.17, 15) is 9.18 Å². The fourth-order valence-corrected chi connectivity index (χ4v) is 1.84. The van der Waals surface area contributed by atoms with E-state index in [0.29, 0.717) is 12.0 Å². The Bertz CT molecular complexity index is 548. The van der Waals surface area contributed by atoms with Crippen molar-refractivity contribution in [2.24, 2.45) is 0 Å². The van der Waals surface area contributed by atoms with Gasteiger partial charge in [-0.25, -0.2) is 4.39 Å². The van der Waals surface area contributed by atoms with Gasteiger partial charge in [-0.3, -0.25) is 9.48 Å². The lowest BCUT2D eigenvalue weighted by molar-refractivity contribution is -0.117. The highest BCUT2D eigenvalue weighted by Crippen LogP contribution is 2.07. The number of hydrogen-bond acceptors (Lipinski definition) is 2. The number of aromatic nitrogens is 2. The summed E-state index contributed by atoms with van der Waals surface area (Å²) in [5.74, 6) is -0.240. The van der Waals surface area contributed by atoms with Gasteiger partial charge in [-0.05, 0) is 30.2 Å². The highest BCUT2D eigenvalue weighted by molar-refractivity contribution is 5.82. The normalized spacial score (nSPS) is 10.6. The molecule has 0 bridgehead atoms. The van der Waals surface area contributed by atoms with Crippen LogP contribution in [-0.2, 0) is 24.2 Å². The highest BCUT2D eigenvalue weighted by Gasteiger charge is 2.07. The van der Waals surface area contributed by atoms with Gasteiger partial charge in [0.15, 0.2) is 0 Å². The number of rotatable bonds is 5. The first-order valence-corrected chi connectivity index (χ1v) is 5.95. The number of halogens is 1. The second-order valence-electron chi connectivity index (χ2n) is 4.23. The van der Waals surface area contributed by atoms with Crippen LogP contribution in [0.15, 0.2) is 36.7 Å². The Morgan fingerprint density at radius 3 is 2.78 bits per heavy atom. The smallest absolute Gasteiger partial charge is 0.141 e. The summed E-state index contributed by atoms with van der Waals surface area (Å²) in [5, 5.41) is 4.11. The maximum Gasteiger partial charge on any atom is 0.141 e. The predicted molar refractivity (Wildman–Crippen MR) is 66.7 cm³/mol. The van der Waals surface area contributed by atoms with Crippen molar-refractivity contribution in [3.05, 3.63) is 53.6 Å². The molecule has 0 aliphatic rings. The summed E-state index contributed by atoms with van der Waals surface area (Å²) in [6.45, 7) is 2.78. The molecule has 0 atom stereocenters. The molecule has 0 aliphatic carbocycles. The Hall–Kier alpha value is -1.97. The summed E-state index contributed by atoms with van der Waals surface area (Å²) in [5.41, 5.74) is 1.61. The molecular formula is C14H15FN2O. The van der Waals surface area contributed by atoms with Crippen LogP contribution in [0.3, 0.4) is 0 Å². The molecule has 0 spiro atoms. The third-order valence-electron chi connectivity index (χ3n) is 2.70. The van der Waals surface area contributed by atoms with Crippen LogP contribution < -0.4 is 0 Å². The zero-order chi connectivity index (χ0) is 13.0. The minimum atomic E-state index is -0.306. The molecule has 3 nitrogen and oxygen atoms in total. The highest BCUT2D eigenvalue weighted by atomic mass is 19.1. The molecule has 2 rings (SSSR count). The number of carbonyl (C=O) groups excluding carboxylic acids is 1. The van der Waals surface area contributed by atoms with Gasteiger partial charge in [-0.15, -0.1) is 0 Å². The second kappa shape index (κ2) is 5.58. The van der Waals surface area contributed by atoms with Crippen molar-refractivity contribution in [2.45, 2.75) is 26.3 Å². The fourth-order valence-electron chi connectivity index (χ4n) is 1.84. The lowest BCUT2D eigenvalue weighted by Crippen LogP contribution is -2.06. The minimum absolute atomic E-state index is 0.0660. The average molecular weight is 246 g/mol. The summed E-state index contributed by atoms with van der Waals surface area (Å²) in [7, 11) is 0. The maximum absolute atomic E-state index is 13.0. The molecule has 0 N–H and O–H groups in total. The number of Topliss-reactive ketones (excluding diaryl/α,β-unsaturated/α-hetero) is 1. The molecule has 0 saturated carbocycles. The molecule has 0 amide bonds. The van der Waals surface area contributed by atoms with Gasteiger partial charge in [-0.1, -0.05) is 12.1 Å². The second-order valence-corrected chi connectivity index (χ2v) is 4.23. The molecule has 0 saturated heterocycles. The Labute approximate surface area is 105 Å². The van der Waals surface area contributed by atoms with Crippen LogP contribution in [0.5, 0.6) is 0 Å². The van der Waals surface area contributed by atoms with Crippen molar-refractivity contribution in [2.75, 3.05) is 0 Å². The Morgan fingerprint density at radius 1 is 1.33 bits per heavy atom. The molecule has 4 heteroatoms. The summed E-state index contributed by atoms with van der Waals surface area (Å²) in [6, 6.07) is 6.15. The van der Waals surface area contributed by atoms with E-state index in [2.05, 4.69) is 5.10 Å². The average Bonchev–Trinajstić information content (AvgIpc) is 2.76. The first-order chi connectivity index (χ1) is 8.67. The van der Waals surface area contributed by atoms with Gasteiger partial charge in [-0.2, -0.15) is 5.10 Å². The van der Waals surface area contributed by atoms with Crippen molar-refractivity contribution in [3.63, 3.8) is 0 Å². The van der Waals surface area contributed by atoms with E-state index in [1.165, 1.54) is 12.1 Å². The van der Waals surface area contributed by atoms with Crippen LogP contribution in [0.2, 0.25) is 0 Å². The van der Waals surface area contributed by atoms with Gasteiger partial charge >= 0.3 is 0 Å². The molecule has 1 aromatic heterocycles. The Morgan fingerprint density at radius 2 is 2.11 bits per heavy atom. The third-order valence-corrected chi connectivity index (χ3v) is 2.70. The van der Waals surface area contributed by atoms with Gasteiger partial charge < -0.3 is 0 Å². The summed E-state index contributed by atoms with van der Waals surface area (Å²) in [6.07, 6.45) is 4.17. The van der Waals surface area contributed by atoms with Crippen molar-refractivity contribution in [1.29, 1.82) is 0 Å². The van der Waals surface area contributed by atoms with Gasteiger partial charge in [0.05, 0.1) is 6.20 Å². The van der Waals surface area contributed by atoms with Crippen molar-refractivity contribution in [3.8, 4) is 0 Å². The monoisotopic (exact) mass is 246 g/mol. The summed E-state index contributed by atoms with van der Waals surface area (Å²) < 4.78 is 14.8. The zero-order valence-corrected chi connectivity index (χ0v) is 10.3. The molecular weight excluding hydrogens is 231 g/mol. The van der Waals surface area contributed by atoms with Crippen molar-refractivity contribution in [1.82, 2.24) is 9.78 Å². The summed E-state index contributed by atoms with van der Waals surface area (Å²) in [4.78, 5) is 11.8. The van der Waals surface area contributed by atoms with Gasteiger partial charge in [0.1, 0.15) is 11.6 Å². The van der Waals surface area contributed by atoms with Crippen LogP contribution in [0, 0.1) is 5.82 Å². The van der Waals surface area contributed by atoms with Crippen LogP contribution in [0.1, 0.15) is 18.1 Å². The molecule has 94 valence electrons. The molecule has 0 fully saturated rings. The fraction of sp³-hybridized carbons (Fsp3) is 0.286. The SMILES string of the molecule is CCn1cc(CC(=O)Cc2cccc(F)c2)cn1. The van der Waals surface area contributed by atoms with E-state index in [-0.39, 0.29) is 18.0 Å². The first kappa shape index (κ1) is 12.5. The standard InChI is InChI=1S/C14H15FN2O/c1-2-17-10-12(9-16-17)8-14(18)7-11-4-3-5-13(15)6-11/h3-6,9-10H,2,7-8H2,1H3. The van der Waals surface area contributed by atoms with Gasteiger partial charge in [0.25, 0.3) is 0 Å². The molecule has 18 heavy (non-hydrogen) atoms. The van der Waals surface area contributed by atoms with Gasteiger partial charge in [0.2, 0.25) is 0 Å². The number of benzene rings is 1. The minimum Gasteiger partial charge on any atom is -0.299 e. The van der Waals surface area contributed by atoms with E-state index < -0.39 is 0 Å². The Kier molecular flexibility index (Phi) is 3.87. The van der Waals surface area contributed by atoms with E-state index in [1.807, 2.05) is 13.1 Å². The summed E-state index contributed by atoms with van der Waals surface area (Å²) >= 11 is 0. The van der Waals surface area contributed by atoms with Crippen LogP contribution in [0.25, 0.3) is 0 Å². The first-order valence-electron chi connectivity index (χ1n) is 5.95. The molecule has 2 aromatic rings. The quantitative estimate of drug-likeness (QED) is 0.812. The number of nitrogens with zero attached hydrogens (tertiary/aromatic N) is 2. The molecule has 0 radical (unpaired) electrons. The van der Waals surface area contributed by atoms with E-state index in [1.54, 1.807) is 23.0 Å². The van der Waals surface area contributed by atoms with E-state index >= 15 is 0 Å². The van der Waals surface area contributed by atoms with Crippen molar-refractivity contribution < 1.29 is 9.18 Å². The van der Waals surface area contributed by atoms with Gasteiger partial charge in [0, 0.05) is 25.6 Å². The number of carbonyl (C=O) groups is 1. The molecule has 0 aliphatic heterocycles. The maximum atomic E-state index is 13.0. The molecule has 0 unspecified atom stereocenters.